The van der Waals surface area contributed by atoms with Crippen LogP contribution in [0.1, 0.15) is 10.4 Å². The molecule has 0 spiro atoms. The third-order valence-corrected chi connectivity index (χ3v) is 1.96. The highest BCUT2D eigenvalue weighted by Crippen LogP contribution is 1.93. The zero-order valence-corrected chi connectivity index (χ0v) is 9.06. The molecule has 0 saturated carbocycles. The van der Waals surface area contributed by atoms with Gasteiger partial charge in [0.2, 0.25) is 0 Å². The van der Waals surface area contributed by atoms with E-state index in [0.717, 1.165) is 10.8 Å². The first-order valence-corrected chi connectivity index (χ1v) is 4.84. The number of aromatic amines is 1. The number of nitrogens with one attached hydrogen (secondary N) is 1. The van der Waals surface area contributed by atoms with Gasteiger partial charge in [-0.15, -0.1) is 0 Å². The van der Waals surface area contributed by atoms with E-state index in [0.29, 0.717) is 0 Å². The molecule has 100 valence electrons. The van der Waals surface area contributed by atoms with Crippen LogP contribution in [0, 0.1) is 0 Å². The van der Waals surface area contributed by atoms with Crippen molar-refractivity contribution in [3.05, 3.63) is 32.6 Å². The highest BCUT2D eigenvalue weighted by Gasteiger charge is 2.11. The lowest BCUT2D eigenvalue weighted by molar-refractivity contribution is 0.0144. The van der Waals surface area contributed by atoms with E-state index < -0.39 is 35.8 Å². The highest BCUT2D eigenvalue weighted by atomic mass is 19.3. The van der Waals surface area contributed by atoms with Crippen LogP contribution in [0.4, 0.5) is 8.78 Å². The molecule has 0 atom stereocenters. The number of nitrogens with zero attached hydrogens (tertiary/aromatic N) is 1. The first-order chi connectivity index (χ1) is 8.41. The van der Waals surface area contributed by atoms with E-state index in [4.69, 9.17) is 5.11 Å². The minimum absolute atomic E-state index is 0.136. The molecule has 1 rings (SSSR count). The summed E-state index contributed by atoms with van der Waals surface area (Å²) >= 11 is 0. The first kappa shape index (κ1) is 14.0. The molecule has 1 aromatic rings. The molecule has 9 heteroatoms. The second-order valence-electron chi connectivity index (χ2n) is 3.27. The van der Waals surface area contributed by atoms with Crippen LogP contribution >= 0.6 is 0 Å². The first-order valence-electron chi connectivity index (χ1n) is 4.84. The van der Waals surface area contributed by atoms with E-state index in [2.05, 4.69) is 4.74 Å². The molecule has 0 aromatic carbocycles. The third kappa shape index (κ3) is 3.77. The van der Waals surface area contributed by atoms with Crippen LogP contribution in [0.15, 0.2) is 15.8 Å². The molecule has 1 heterocycles. The summed E-state index contributed by atoms with van der Waals surface area (Å²) in [5.74, 6) is -1.49. The monoisotopic (exact) mass is 264 g/mol. The van der Waals surface area contributed by atoms with Gasteiger partial charge in [-0.05, 0) is 0 Å². The van der Waals surface area contributed by atoms with Gasteiger partial charge in [-0.3, -0.25) is 14.3 Å². The number of hydrogen-bond acceptors (Lipinski definition) is 4. The summed E-state index contributed by atoms with van der Waals surface area (Å²) in [6, 6.07) is 0. The zero-order chi connectivity index (χ0) is 13.7. The molecule has 0 fully saturated rings. The molecule has 0 amide bonds. The van der Waals surface area contributed by atoms with E-state index in [1.165, 1.54) is 0 Å². The number of halogens is 2. The van der Waals surface area contributed by atoms with Crippen molar-refractivity contribution in [1.29, 1.82) is 0 Å². The summed E-state index contributed by atoms with van der Waals surface area (Å²) in [7, 11) is 0. The molecule has 1 aromatic heterocycles. The van der Waals surface area contributed by atoms with Crippen molar-refractivity contribution in [2.45, 2.75) is 13.0 Å². The second kappa shape index (κ2) is 6.05. The Morgan fingerprint density at radius 2 is 2.17 bits per heavy atom. The fourth-order valence-corrected chi connectivity index (χ4v) is 1.16. The maximum absolute atomic E-state index is 11.7. The Bertz CT molecular complexity index is 536. The van der Waals surface area contributed by atoms with Crippen LogP contribution in [-0.2, 0) is 11.3 Å². The lowest BCUT2D eigenvalue weighted by Crippen LogP contribution is -2.34. The average molecular weight is 264 g/mol. The van der Waals surface area contributed by atoms with Crippen LogP contribution in [-0.4, -0.2) is 40.3 Å². The molecule has 0 bridgehead atoms. The molecule has 0 aliphatic carbocycles. The Morgan fingerprint density at radius 1 is 1.50 bits per heavy atom. The van der Waals surface area contributed by atoms with Crippen molar-refractivity contribution in [3.63, 3.8) is 0 Å². The summed E-state index contributed by atoms with van der Waals surface area (Å²) < 4.78 is 28.9. The SMILES string of the molecule is O=C(O)c1cn(CCOCC(F)F)c(=O)[nH]c1=O. The fourth-order valence-electron chi connectivity index (χ4n) is 1.16. The summed E-state index contributed by atoms with van der Waals surface area (Å²) in [5.41, 5.74) is -2.45. The third-order valence-electron chi connectivity index (χ3n) is 1.96. The maximum atomic E-state index is 11.7. The van der Waals surface area contributed by atoms with Gasteiger partial charge in [0.25, 0.3) is 12.0 Å². The summed E-state index contributed by atoms with van der Waals surface area (Å²) in [4.78, 5) is 34.8. The van der Waals surface area contributed by atoms with E-state index in [-0.39, 0.29) is 13.2 Å². The van der Waals surface area contributed by atoms with Crippen LogP contribution in [0.3, 0.4) is 0 Å². The predicted molar refractivity (Wildman–Crippen MR) is 55.1 cm³/mol. The lowest BCUT2D eigenvalue weighted by Gasteiger charge is -2.06. The number of ether oxygens (including phenoxy) is 1. The van der Waals surface area contributed by atoms with Gasteiger partial charge in [-0.2, -0.15) is 0 Å². The Balaban J connectivity index is 2.77. The quantitative estimate of drug-likeness (QED) is 0.675. The van der Waals surface area contributed by atoms with Crippen LogP contribution in [0.2, 0.25) is 0 Å². The fraction of sp³-hybridized carbons (Fsp3) is 0.444. The lowest BCUT2D eigenvalue weighted by atomic mass is 10.3. The van der Waals surface area contributed by atoms with Crippen LogP contribution < -0.4 is 11.2 Å². The standard InChI is InChI=1S/C9H10F2N2O5/c10-6(11)4-18-2-1-13-3-5(8(15)16)7(14)12-9(13)17/h3,6H,1-2,4H2,(H,15,16)(H,12,14,17). The number of hydrogen-bond donors (Lipinski definition) is 2. The summed E-state index contributed by atoms with van der Waals surface area (Å²) in [6.45, 7) is -1.11. The van der Waals surface area contributed by atoms with Gasteiger partial charge >= 0.3 is 11.7 Å². The molecule has 0 aliphatic heterocycles. The molecule has 0 unspecified atom stereocenters. The molecular weight excluding hydrogens is 254 g/mol. The molecule has 18 heavy (non-hydrogen) atoms. The number of carboxylic acids is 1. The molecule has 0 aliphatic rings. The maximum Gasteiger partial charge on any atom is 0.342 e. The average Bonchev–Trinajstić information content (AvgIpc) is 2.25. The Morgan fingerprint density at radius 3 is 2.72 bits per heavy atom. The topological polar surface area (TPSA) is 101 Å². The van der Waals surface area contributed by atoms with Gasteiger partial charge < -0.3 is 9.84 Å². The van der Waals surface area contributed by atoms with Gasteiger partial charge in [0, 0.05) is 6.20 Å². The van der Waals surface area contributed by atoms with E-state index in [1.807, 2.05) is 0 Å². The number of rotatable bonds is 6. The largest absolute Gasteiger partial charge is 0.477 e. The number of H-pyrrole nitrogens is 1. The highest BCUT2D eigenvalue weighted by molar-refractivity contribution is 5.86. The van der Waals surface area contributed by atoms with Crippen molar-refractivity contribution in [3.8, 4) is 0 Å². The number of alkyl halides is 2. The number of aromatic nitrogens is 2. The molecule has 0 radical (unpaired) electrons. The van der Waals surface area contributed by atoms with Gasteiger partial charge in [0.05, 0.1) is 13.2 Å². The molecule has 7 nitrogen and oxygen atoms in total. The zero-order valence-electron chi connectivity index (χ0n) is 9.06. The van der Waals surface area contributed by atoms with Crippen molar-refractivity contribution in [2.75, 3.05) is 13.2 Å². The van der Waals surface area contributed by atoms with Gasteiger partial charge in [0.15, 0.2) is 0 Å². The number of carboxylic acid groups (broad SMARTS) is 1. The second-order valence-corrected chi connectivity index (χ2v) is 3.27. The van der Waals surface area contributed by atoms with Gasteiger partial charge in [0.1, 0.15) is 12.2 Å². The minimum Gasteiger partial charge on any atom is -0.477 e. The molecule has 2 N–H and O–H groups in total. The summed E-state index contributed by atoms with van der Waals surface area (Å²) in [5, 5.41) is 8.66. The van der Waals surface area contributed by atoms with E-state index >= 15 is 0 Å². The Labute approximate surface area is 98.6 Å². The van der Waals surface area contributed by atoms with Crippen molar-refractivity contribution >= 4 is 5.97 Å². The van der Waals surface area contributed by atoms with Crippen LogP contribution in [0.25, 0.3) is 0 Å². The van der Waals surface area contributed by atoms with E-state index in [9.17, 15) is 23.2 Å². The molecular formula is C9H10F2N2O5. The van der Waals surface area contributed by atoms with Gasteiger partial charge in [-0.1, -0.05) is 0 Å². The number of aromatic carboxylic acids is 1. The summed E-state index contributed by atoms with van der Waals surface area (Å²) in [6.07, 6.45) is -1.78. The van der Waals surface area contributed by atoms with Gasteiger partial charge in [-0.25, -0.2) is 18.4 Å². The smallest absolute Gasteiger partial charge is 0.342 e. The number of carbonyl (C=O) groups is 1. The van der Waals surface area contributed by atoms with Crippen LogP contribution in [0.5, 0.6) is 0 Å². The van der Waals surface area contributed by atoms with Crippen molar-refractivity contribution in [2.24, 2.45) is 0 Å². The Hall–Kier alpha value is -2.03. The molecule has 0 saturated heterocycles. The van der Waals surface area contributed by atoms with Crippen molar-refractivity contribution in [1.82, 2.24) is 9.55 Å². The predicted octanol–water partition coefficient (Wildman–Crippen LogP) is -0.483. The van der Waals surface area contributed by atoms with Crippen molar-refractivity contribution < 1.29 is 23.4 Å². The Kier molecular flexibility index (Phi) is 4.72. The minimum atomic E-state index is -2.62. The normalized spacial score (nSPS) is 10.8. The van der Waals surface area contributed by atoms with E-state index in [1.54, 1.807) is 4.98 Å².